The zero-order chi connectivity index (χ0) is 17.1. The summed E-state index contributed by atoms with van der Waals surface area (Å²) in [6.45, 7) is 0.695. The molecule has 1 aromatic rings. The van der Waals surface area contributed by atoms with Crippen LogP contribution in [0.2, 0.25) is 0 Å². The molecule has 0 aliphatic carbocycles. The molecular formula is C15H16N6O3. The van der Waals surface area contributed by atoms with Crippen molar-refractivity contribution in [3.63, 3.8) is 0 Å². The quantitative estimate of drug-likeness (QED) is 0.431. The Bertz CT molecular complexity index is 767. The fourth-order valence-corrected chi connectivity index (χ4v) is 2.57. The number of nitrogens with two attached hydrogens (primary N) is 1. The number of hydrogen-bond acceptors (Lipinski definition) is 7. The molecule has 2 aliphatic rings. The van der Waals surface area contributed by atoms with Gasteiger partial charge in [-0.2, -0.15) is 10.4 Å². The molecule has 0 unspecified atom stereocenters. The number of benzene rings is 1. The molecular weight excluding hydrogens is 312 g/mol. The van der Waals surface area contributed by atoms with Gasteiger partial charge in [-0.25, -0.2) is 0 Å². The number of rotatable bonds is 4. The van der Waals surface area contributed by atoms with Crippen LogP contribution in [0.3, 0.4) is 0 Å². The van der Waals surface area contributed by atoms with Crippen molar-refractivity contribution >= 4 is 28.8 Å². The molecule has 1 saturated heterocycles. The average molecular weight is 328 g/mol. The van der Waals surface area contributed by atoms with Crippen LogP contribution in [-0.2, 0) is 4.79 Å². The molecule has 0 spiro atoms. The molecule has 1 amide bonds. The van der Waals surface area contributed by atoms with Gasteiger partial charge in [-0.05, 0) is 12.8 Å². The number of ether oxygens (including phenoxy) is 2. The number of carbonyl (C=O) groups excluding carboxylic acids is 1. The van der Waals surface area contributed by atoms with Crippen LogP contribution in [0.1, 0.15) is 19.3 Å². The maximum Gasteiger partial charge on any atom is 0.231 e. The predicted molar refractivity (Wildman–Crippen MR) is 87.4 cm³/mol. The molecule has 24 heavy (non-hydrogen) atoms. The van der Waals surface area contributed by atoms with Crippen LogP contribution in [0.25, 0.3) is 0 Å². The number of hydrazone groups is 1. The minimum atomic E-state index is -0.443. The number of nitrogens with one attached hydrogen (secondary N) is 2. The van der Waals surface area contributed by atoms with Gasteiger partial charge >= 0.3 is 0 Å². The SMILES string of the molecule is N#C/C(=N\Nc1cc2c(cc1N1CCCCC1=O)OCO2)C(=N)N. The first kappa shape index (κ1) is 15.6. The number of carbonyl (C=O) groups is 1. The van der Waals surface area contributed by atoms with Crippen LogP contribution in [0.4, 0.5) is 11.4 Å². The molecule has 2 heterocycles. The number of hydrogen-bond donors (Lipinski definition) is 3. The highest BCUT2D eigenvalue weighted by Gasteiger charge is 2.26. The van der Waals surface area contributed by atoms with Crippen molar-refractivity contribution in [2.45, 2.75) is 19.3 Å². The van der Waals surface area contributed by atoms with Gasteiger partial charge in [-0.15, -0.1) is 0 Å². The molecule has 4 N–H and O–H groups in total. The summed E-state index contributed by atoms with van der Waals surface area (Å²) < 4.78 is 10.7. The van der Waals surface area contributed by atoms with Crippen molar-refractivity contribution < 1.29 is 14.3 Å². The summed E-state index contributed by atoms with van der Waals surface area (Å²) in [5.74, 6) is 0.632. The van der Waals surface area contributed by atoms with Gasteiger partial charge in [0.25, 0.3) is 0 Å². The highest BCUT2D eigenvalue weighted by molar-refractivity contribution is 6.45. The Labute approximate surface area is 138 Å². The predicted octanol–water partition coefficient (Wildman–Crippen LogP) is 1.16. The molecule has 0 aromatic heterocycles. The molecule has 0 atom stereocenters. The number of amidine groups is 1. The molecule has 0 radical (unpaired) electrons. The van der Waals surface area contributed by atoms with Crippen LogP contribution in [-0.4, -0.2) is 30.8 Å². The molecule has 9 nitrogen and oxygen atoms in total. The lowest BCUT2D eigenvalue weighted by molar-refractivity contribution is -0.119. The molecule has 1 fully saturated rings. The van der Waals surface area contributed by atoms with E-state index in [1.807, 2.05) is 0 Å². The third-order valence-electron chi connectivity index (χ3n) is 3.75. The number of piperidine rings is 1. The number of fused-ring (bicyclic) bond motifs is 1. The van der Waals surface area contributed by atoms with Gasteiger partial charge in [0.05, 0.1) is 11.4 Å². The van der Waals surface area contributed by atoms with E-state index in [0.29, 0.717) is 35.8 Å². The van der Waals surface area contributed by atoms with Gasteiger partial charge in [-0.3, -0.25) is 15.6 Å². The number of amides is 1. The van der Waals surface area contributed by atoms with E-state index in [-0.39, 0.29) is 18.4 Å². The topological polar surface area (TPSA) is 137 Å². The van der Waals surface area contributed by atoms with E-state index in [0.717, 1.165) is 12.8 Å². The largest absolute Gasteiger partial charge is 0.454 e. The summed E-state index contributed by atoms with van der Waals surface area (Å²) in [4.78, 5) is 13.9. The van der Waals surface area contributed by atoms with Gasteiger partial charge in [0.2, 0.25) is 18.4 Å². The van der Waals surface area contributed by atoms with Crippen LogP contribution in [0.15, 0.2) is 17.2 Å². The fraction of sp³-hybridized carbons (Fsp3) is 0.333. The first-order valence-corrected chi connectivity index (χ1v) is 7.42. The monoisotopic (exact) mass is 328 g/mol. The minimum absolute atomic E-state index is 0.0132. The van der Waals surface area contributed by atoms with E-state index in [1.165, 1.54) is 0 Å². The third-order valence-corrected chi connectivity index (χ3v) is 3.75. The zero-order valence-electron chi connectivity index (χ0n) is 12.8. The Morgan fingerprint density at radius 2 is 2.12 bits per heavy atom. The lowest BCUT2D eigenvalue weighted by atomic mass is 10.1. The Balaban J connectivity index is 1.99. The molecule has 3 rings (SSSR count). The summed E-state index contributed by atoms with van der Waals surface area (Å²) >= 11 is 0. The van der Waals surface area contributed by atoms with E-state index in [2.05, 4.69) is 10.5 Å². The number of nitriles is 1. The van der Waals surface area contributed by atoms with Gasteiger partial charge in [0.1, 0.15) is 6.07 Å². The van der Waals surface area contributed by atoms with E-state index in [4.69, 9.17) is 25.9 Å². The molecule has 9 heteroatoms. The Kier molecular flexibility index (Phi) is 4.20. The first-order valence-electron chi connectivity index (χ1n) is 7.42. The van der Waals surface area contributed by atoms with Gasteiger partial charge < -0.3 is 20.1 Å². The zero-order valence-corrected chi connectivity index (χ0v) is 12.8. The Morgan fingerprint density at radius 1 is 1.38 bits per heavy atom. The summed E-state index contributed by atoms with van der Waals surface area (Å²) in [7, 11) is 0. The standard InChI is InChI=1S/C15H16N6O3/c16-7-10(15(17)18)20-19-9-5-12-13(24-8-23-12)6-11(9)21-4-2-1-3-14(21)22/h5-6,19H,1-4,8H2,(H3,17,18)/b20-10+. The van der Waals surface area contributed by atoms with Gasteiger partial charge in [0, 0.05) is 25.1 Å². The van der Waals surface area contributed by atoms with Crippen molar-refractivity contribution in [3.05, 3.63) is 12.1 Å². The van der Waals surface area contributed by atoms with E-state index in [9.17, 15) is 4.79 Å². The second-order valence-electron chi connectivity index (χ2n) is 5.32. The maximum atomic E-state index is 12.2. The molecule has 0 saturated carbocycles. The van der Waals surface area contributed by atoms with Crippen molar-refractivity contribution in [1.82, 2.24) is 0 Å². The normalized spacial score (nSPS) is 16.7. The minimum Gasteiger partial charge on any atom is -0.454 e. The van der Waals surface area contributed by atoms with Crippen molar-refractivity contribution in [2.75, 3.05) is 23.7 Å². The summed E-state index contributed by atoms with van der Waals surface area (Å²) in [5.41, 5.74) is 8.81. The summed E-state index contributed by atoms with van der Waals surface area (Å²) in [6, 6.07) is 5.10. The van der Waals surface area contributed by atoms with E-state index >= 15 is 0 Å². The van der Waals surface area contributed by atoms with Crippen LogP contribution < -0.4 is 25.5 Å². The lowest BCUT2D eigenvalue weighted by Gasteiger charge is -2.28. The van der Waals surface area contributed by atoms with Crippen molar-refractivity contribution in [3.8, 4) is 17.6 Å². The molecule has 1 aromatic carbocycles. The number of anilines is 2. The van der Waals surface area contributed by atoms with E-state index < -0.39 is 5.84 Å². The molecule has 124 valence electrons. The Hall–Kier alpha value is -3.28. The number of nitrogens with zero attached hydrogens (tertiary/aromatic N) is 3. The van der Waals surface area contributed by atoms with Crippen LogP contribution in [0, 0.1) is 16.7 Å². The van der Waals surface area contributed by atoms with E-state index in [1.54, 1.807) is 23.1 Å². The third kappa shape index (κ3) is 2.94. The fourth-order valence-electron chi connectivity index (χ4n) is 2.57. The summed E-state index contributed by atoms with van der Waals surface area (Å²) in [5, 5.41) is 20.1. The summed E-state index contributed by atoms with van der Waals surface area (Å²) in [6.07, 6.45) is 2.25. The highest BCUT2D eigenvalue weighted by atomic mass is 16.7. The van der Waals surface area contributed by atoms with Crippen LogP contribution in [0.5, 0.6) is 11.5 Å². The van der Waals surface area contributed by atoms with Gasteiger partial charge in [0.15, 0.2) is 17.3 Å². The second-order valence-corrected chi connectivity index (χ2v) is 5.32. The average Bonchev–Trinajstić information content (AvgIpc) is 3.02. The lowest BCUT2D eigenvalue weighted by Crippen LogP contribution is -2.35. The first-order chi connectivity index (χ1) is 11.6. The van der Waals surface area contributed by atoms with Crippen molar-refractivity contribution in [2.24, 2.45) is 10.8 Å². The van der Waals surface area contributed by atoms with Gasteiger partial charge in [-0.1, -0.05) is 0 Å². The molecule has 2 aliphatic heterocycles. The Morgan fingerprint density at radius 3 is 2.79 bits per heavy atom. The van der Waals surface area contributed by atoms with Crippen LogP contribution >= 0.6 is 0 Å². The van der Waals surface area contributed by atoms with Crippen molar-refractivity contribution in [1.29, 1.82) is 10.7 Å². The smallest absolute Gasteiger partial charge is 0.231 e. The second kappa shape index (κ2) is 6.45. The maximum absolute atomic E-state index is 12.2. The highest BCUT2D eigenvalue weighted by Crippen LogP contribution is 2.42. The molecule has 0 bridgehead atoms.